The lowest BCUT2D eigenvalue weighted by atomic mass is 10.1. The van der Waals surface area contributed by atoms with Crippen molar-refractivity contribution in [1.29, 1.82) is 0 Å². The predicted octanol–water partition coefficient (Wildman–Crippen LogP) is 6.25. The summed E-state index contributed by atoms with van der Waals surface area (Å²) in [5, 5.41) is 17.3. The van der Waals surface area contributed by atoms with Gasteiger partial charge < -0.3 is 19.4 Å². The molecule has 2 N–H and O–H groups in total. The summed E-state index contributed by atoms with van der Waals surface area (Å²) in [6.07, 6.45) is 3.82. The maximum Gasteiger partial charge on any atom is 0.707 e. The maximum absolute atomic E-state index is 13.9. The van der Waals surface area contributed by atoms with E-state index in [1.54, 1.807) is 12.1 Å². The van der Waals surface area contributed by atoms with Gasteiger partial charge in [0.05, 0.1) is 0 Å². The summed E-state index contributed by atoms with van der Waals surface area (Å²) in [7, 11) is -1.90. The molecule has 0 heterocycles. The SMILES string of the molecule is CCCc1cc(F)c(OCc2ccc(OB(O)O)cc2)c(F)c1.CCCc1ccc(Br)cc1. The molecule has 0 aliphatic rings. The fraction of sp³-hybridized carbons (Fsp3) is 0.280. The highest BCUT2D eigenvalue weighted by molar-refractivity contribution is 9.10. The molecule has 0 saturated carbocycles. The van der Waals surface area contributed by atoms with Crippen molar-refractivity contribution in [2.24, 2.45) is 0 Å². The minimum absolute atomic E-state index is 0.0249. The van der Waals surface area contributed by atoms with E-state index >= 15 is 0 Å². The van der Waals surface area contributed by atoms with Crippen molar-refractivity contribution in [3.8, 4) is 11.5 Å². The number of halogens is 3. The van der Waals surface area contributed by atoms with Gasteiger partial charge in [-0.05, 0) is 65.9 Å². The van der Waals surface area contributed by atoms with Gasteiger partial charge in [0, 0.05) is 4.47 Å². The minimum atomic E-state index is -1.90. The van der Waals surface area contributed by atoms with Crippen LogP contribution in [0.1, 0.15) is 43.4 Å². The first-order valence-corrected chi connectivity index (χ1v) is 11.6. The zero-order valence-corrected chi connectivity index (χ0v) is 20.3. The highest BCUT2D eigenvalue weighted by Crippen LogP contribution is 2.25. The standard InChI is InChI=1S/C16H17BF2O4.C9H11Br/c1-2-3-12-8-14(18)16(15(19)9-12)22-10-11-4-6-13(7-5-11)23-17(20)21;1-2-3-8-4-6-9(10)7-5-8/h4-9,20-21H,2-3,10H2,1H3;4-7H,2-3H2,1H3. The summed E-state index contributed by atoms with van der Waals surface area (Å²) in [5.74, 6) is -1.60. The molecule has 0 aliphatic heterocycles. The van der Waals surface area contributed by atoms with E-state index in [0.29, 0.717) is 17.5 Å². The Hall–Kier alpha value is -2.42. The molecule has 0 radical (unpaired) electrons. The van der Waals surface area contributed by atoms with E-state index in [2.05, 4.69) is 51.8 Å². The largest absolute Gasteiger partial charge is 0.707 e. The van der Waals surface area contributed by atoms with E-state index < -0.39 is 24.7 Å². The number of aryl methyl sites for hydroxylation is 2. The first-order chi connectivity index (χ1) is 15.8. The third-order valence-corrected chi connectivity index (χ3v) is 5.13. The van der Waals surface area contributed by atoms with E-state index in [0.717, 1.165) is 10.9 Å². The van der Waals surface area contributed by atoms with E-state index in [1.165, 1.54) is 42.7 Å². The molecule has 0 unspecified atom stereocenters. The summed E-state index contributed by atoms with van der Waals surface area (Å²) in [5.41, 5.74) is 2.67. The Morgan fingerprint density at radius 2 is 1.30 bits per heavy atom. The molecule has 33 heavy (non-hydrogen) atoms. The van der Waals surface area contributed by atoms with Crippen LogP contribution >= 0.6 is 15.9 Å². The van der Waals surface area contributed by atoms with Crippen molar-refractivity contribution in [1.82, 2.24) is 0 Å². The molecular weight excluding hydrogens is 493 g/mol. The topological polar surface area (TPSA) is 58.9 Å². The number of hydrogen-bond donors (Lipinski definition) is 2. The minimum Gasteiger partial charge on any atom is -0.512 e. The molecule has 0 spiro atoms. The Morgan fingerprint density at radius 3 is 1.82 bits per heavy atom. The molecular formula is C25H28BBrF2O4. The van der Waals surface area contributed by atoms with Crippen molar-refractivity contribution in [2.75, 3.05) is 0 Å². The average molecular weight is 521 g/mol. The zero-order chi connectivity index (χ0) is 24.2. The smallest absolute Gasteiger partial charge is 0.512 e. The Morgan fingerprint density at radius 1 is 0.788 bits per heavy atom. The molecule has 0 amide bonds. The molecule has 0 aliphatic carbocycles. The maximum atomic E-state index is 13.9. The molecule has 3 aromatic rings. The van der Waals surface area contributed by atoms with Crippen molar-refractivity contribution >= 4 is 23.3 Å². The number of ether oxygens (including phenoxy) is 1. The number of hydrogen-bond acceptors (Lipinski definition) is 4. The highest BCUT2D eigenvalue weighted by Gasteiger charge is 2.13. The van der Waals surface area contributed by atoms with E-state index in [1.807, 2.05) is 6.92 Å². The lowest BCUT2D eigenvalue weighted by Crippen LogP contribution is -2.20. The number of rotatable bonds is 9. The van der Waals surface area contributed by atoms with E-state index in [4.69, 9.17) is 14.8 Å². The van der Waals surface area contributed by atoms with Gasteiger partial charge >= 0.3 is 7.32 Å². The summed E-state index contributed by atoms with van der Waals surface area (Å²) in [6, 6.07) is 17.2. The Kier molecular flexibility index (Phi) is 11.4. The molecule has 0 bridgehead atoms. The predicted molar refractivity (Wildman–Crippen MR) is 130 cm³/mol. The summed E-state index contributed by atoms with van der Waals surface area (Å²) in [6.45, 7) is 4.11. The van der Waals surface area contributed by atoms with Gasteiger partial charge in [-0.1, -0.05) is 66.9 Å². The molecule has 3 rings (SSSR count). The molecule has 0 saturated heterocycles. The van der Waals surface area contributed by atoms with Crippen LogP contribution in [0.15, 0.2) is 65.1 Å². The second-order valence-corrected chi connectivity index (χ2v) is 8.31. The molecule has 176 valence electrons. The van der Waals surface area contributed by atoms with Crippen LogP contribution in [0, 0.1) is 11.6 Å². The first kappa shape index (κ1) is 26.8. The highest BCUT2D eigenvalue weighted by atomic mass is 79.9. The van der Waals surface area contributed by atoms with E-state index in [-0.39, 0.29) is 12.4 Å². The summed E-state index contributed by atoms with van der Waals surface area (Å²) >= 11 is 3.40. The van der Waals surface area contributed by atoms with Crippen molar-refractivity contribution in [3.05, 3.63) is 93.5 Å². The van der Waals surface area contributed by atoms with Gasteiger partial charge in [-0.15, -0.1) is 0 Å². The molecule has 0 aromatic heterocycles. The average Bonchev–Trinajstić information content (AvgIpc) is 2.76. The van der Waals surface area contributed by atoms with E-state index in [9.17, 15) is 8.78 Å². The van der Waals surface area contributed by atoms with Gasteiger partial charge in [0.2, 0.25) is 0 Å². The van der Waals surface area contributed by atoms with Crippen molar-refractivity contribution < 1.29 is 28.2 Å². The summed E-state index contributed by atoms with van der Waals surface area (Å²) < 4.78 is 38.8. The third kappa shape index (κ3) is 9.54. The van der Waals surface area contributed by atoms with Crippen LogP contribution in [0.25, 0.3) is 0 Å². The Bertz CT molecular complexity index is 960. The fourth-order valence-electron chi connectivity index (χ4n) is 3.06. The van der Waals surface area contributed by atoms with Gasteiger partial charge in [-0.2, -0.15) is 0 Å². The lowest BCUT2D eigenvalue weighted by molar-refractivity contribution is 0.273. The second-order valence-electron chi connectivity index (χ2n) is 7.39. The second kappa shape index (κ2) is 14.0. The van der Waals surface area contributed by atoms with Crippen LogP contribution in [-0.4, -0.2) is 17.4 Å². The normalized spacial score (nSPS) is 10.3. The summed E-state index contributed by atoms with van der Waals surface area (Å²) in [4.78, 5) is 0. The monoisotopic (exact) mass is 520 g/mol. The molecule has 0 atom stereocenters. The van der Waals surface area contributed by atoms with Gasteiger partial charge in [0.25, 0.3) is 0 Å². The van der Waals surface area contributed by atoms with Crippen LogP contribution in [0.3, 0.4) is 0 Å². The van der Waals surface area contributed by atoms with Crippen LogP contribution in [0.4, 0.5) is 8.78 Å². The Balaban J connectivity index is 0.000000321. The van der Waals surface area contributed by atoms with Gasteiger partial charge in [0.1, 0.15) is 12.4 Å². The van der Waals surface area contributed by atoms with Gasteiger partial charge in [-0.25, -0.2) is 8.78 Å². The van der Waals surface area contributed by atoms with Crippen molar-refractivity contribution in [3.63, 3.8) is 0 Å². The van der Waals surface area contributed by atoms with Crippen LogP contribution in [0.5, 0.6) is 11.5 Å². The third-order valence-electron chi connectivity index (χ3n) is 4.60. The first-order valence-electron chi connectivity index (χ1n) is 10.8. The van der Waals surface area contributed by atoms with Gasteiger partial charge in [-0.3, -0.25) is 0 Å². The van der Waals surface area contributed by atoms with Crippen molar-refractivity contribution in [2.45, 2.75) is 46.1 Å². The lowest BCUT2D eigenvalue weighted by Gasteiger charge is -2.11. The van der Waals surface area contributed by atoms with Crippen LogP contribution in [-0.2, 0) is 19.4 Å². The molecule has 3 aromatic carbocycles. The van der Waals surface area contributed by atoms with Gasteiger partial charge in [0.15, 0.2) is 17.4 Å². The zero-order valence-electron chi connectivity index (χ0n) is 18.7. The molecule has 4 nitrogen and oxygen atoms in total. The molecule has 8 heteroatoms. The Labute approximate surface area is 202 Å². The van der Waals surface area contributed by atoms with Crippen LogP contribution < -0.4 is 9.39 Å². The molecule has 0 fully saturated rings. The fourth-order valence-corrected chi connectivity index (χ4v) is 3.33. The van der Waals surface area contributed by atoms with Crippen LogP contribution in [0.2, 0.25) is 0 Å². The number of benzene rings is 3. The quantitative estimate of drug-likeness (QED) is 0.327.